The molecule has 5 heteroatoms. The molecule has 0 saturated heterocycles. The molecule has 0 aromatic heterocycles. The zero-order valence-electron chi connectivity index (χ0n) is 9.19. The van der Waals surface area contributed by atoms with Crippen LogP contribution in [0.1, 0.15) is 10.4 Å². The van der Waals surface area contributed by atoms with E-state index in [-0.39, 0.29) is 0 Å². The van der Waals surface area contributed by atoms with Crippen molar-refractivity contribution in [2.75, 3.05) is 5.48 Å². The van der Waals surface area contributed by atoms with Crippen LogP contribution in [-0.2, 0) is 4.84 Å². The Bertz CT molecular complexity index is 538. The number of para-hydroxylation sites is 1. The molecule has 0 radical (unpaired) electrons. The molecule has 0 aliphatic carbocycles. The van der Waals surface area contributed by atoms with Gasteiger partial charge in [-0.1, -0.05) is 47.5 Å². The molecule has 0 heterocycles. The van der Waals surface area contributed by atoms with Gasteiger partial charge in [-0.05, 0) is 24.3 Å². The van der Waals surface area contributed by atoms with Crippen molar-refractivity contribution in [2.45, 2.75) is 0 Å². The Morgan fingerprint density at radius 1 is 0.944 bits per heavy atom. The number of carbonyl (C=O) groups excluding carboxylic acids is 1. The number of hydrogen-bond donors (Lipinski definition) is 1. The summed E-state index contributed by atoms with van der Waals surface area (Å²) in [7, 11) is 0. The summed E-state index contributed by atoms with van der Waals surface area (Å²) in [5.41, 5.74) is 3.27. The second-order valence-electron chi connectivity index (χ2n) is 3.45. The summed E-state index contributed by atoms with van der Waals surface area (Å²) < 4.78 is 0. The van der Waals surface area contributed by atoms with E-state index in [4.69, 9.17) is 28.0 Å². The van der Waals surface area contributed by atoms with Gasteiger partial charge in [-0.3, -0.25) is 0 Å². The van der Waals surface area contributed by atoms with Gasteiger partial charge in [-0.25, -0.2) is 10.3 Å². The van der Waals surface area contributed by atoms with Gasteiger partial charge in [0.2, 0.25) is 0 Å². The molecular weight excluding hydrogens is 273 g/mol. The molecule has 3 nitrogen and oxygen atoms in total. The molecule has 0 aliphatic heterocycles. The van der Waals surface area contributed by atoms with Gasteiger partial charge in [-0.2, -0.15) is 0 Å². The van der Waals surface area contributed by atoms with Crippen LogP contribution >= 0.6 is 23.2 Å². The summed E-state index contributed by atoms with van der Waals surface area (Å²) in [6.45, 7) is 0. The highest BCUT2D eigenvalue weighted by atomic mass is 35.5. The predicted octanol–water partition coefficient (Wildman–Crippen LogP) is 4.18. The topological polar surface area (TPSA) is 38.3 Å². The highest BCUT2D eigenvalue weighted by molar-refractivity contribution is 6.39. The highest BCUT2D eigenvalue weighted by Crippen LogP contribution is 2.29. The maximum absolute atomic E-state index is 11.7. The summed E-state index contributed by atoms with van der Waals surface area (Å²) in [6.07, 6.45) is 0. The van der Waals surface area contributed by atoms with Crippen molar-refractivity contribution in [1.82, 2.24) is 0 Å². The van der Waals surface area contributed by atoms with E-state index < -0.39 is 5.97 Å². The lowest BCUT2D eigenvalue weighted by atomic mass is 10.2. The normalized spacial score (nSPS) is 9.89. The number of anilines is 1. The summed E-state index contributed by atoms with van der Waals surface area (Å²) >= 11 is 11.8. The van der Waals surface area contributed by atoms with Crippen molar-refractivity contribution in [3.05, 3.63) is 64.1 Å². The zero-order valence-corrected chi connectivity index (χ0v) is 10.7. The molecule has 0 aliphatic rings. The van der Waals surface area contributed by atoms with E-state index in [1.54, 1.807) is 42.5 Å². The molecule has 92 valence electrons. The molecule has 0 spiro atoms. The maximum atomic E-state index is 11.7. The van der Waals surface area contributed by atoms with Gasteiger partial charge in [-0.15, -0.1) is 0 Å². The van der Waals surface area contributed by atoms with E-state index in [9.17, 15) is 4.79 Å². The van der Waals surface area contributed by atoms with E-state index in [2.05, 4.69) is 5.48 Å². The van der Waals surface area contributed by atoms with Crippen molar-refractivity contribution < 1.29 is 9.63 Å². The van der Waals surface area contributed by atoms with Gasteiger partial charge in [0.1, 0.15) is 5.69 Å². The Hall–Kier alpha value is -1.71. The average Bonchev–Trinajstić information content (AvgIpc) is 2.39. The second-order valence-corrected chi connectivity index (χ2v) is 4.27. The van der Waals surface area contributed by atoms with Crippen LogP contribution in [0.3, 0.4) is 0 Å². The van der Waals surface area contributed by atoms with E-state index in [1.165, 1.54) is 0 Å². The van der Waals surface area contributed by atoms with Crippen LogP contribution in [0.25, 0.3) is 0 Å². The second kappa shape index (κ2) is 5.76. The average molecular weight is 282 g/mol. The van der Waals surface area contributed by atoms with Gasteiger partial charge >= 0.3 is 5.97 Å². The van der Waals surface area contributed by atoms with Gasteiger partial charge in [0.25, 0.3) is 0 Å². The first-order valence-corrected chi connectivity index (χ1v) is 5.90. The number of carbonyl (C=O) groups is 1. The molecule has 1 N–H and O–H groups in total. The maximum Gasteiger partial charge on any atom is 0.362 e. The van der Waals surface area contributed by atoms with E-state index in [0.29, 0.717) is 21.3 Å². The molecule has 0 saturated carbocycles. The molecule has 0 unspecified atom stereocenters. The standard InChI is InChI=1S/C13H9Cl2NO2/c14-10-7-4-8-11(15)12(10)16-18-13(17)9-5-2-1-3-6-9/h1-8,16H. The van der Waals surface area contributed by atoms with Crippen LogP contribution in [0.2, 0.25) is 10.0 Å². The van der Waals surface area contributed by atoms with Crippen molar-refractivity contribution >= 4 is 34.9 Å². The Balaban J connectivity index is 2.07. The Labute approximate surface area is 114 Å². The van der Waals surface area contributed by atoms with Gasteiger partial charge in [0, 0.05) is 0 Å². The molecule has 2 aromatic rings. The minimum absolute atomic E-state index is 0.366. The molecular formula is C13H9Cl2NO2. The van der Waals surface area contributed by atoms with Gasteiger partial charge in [0.15, 0.2) is 0 Å². The summed E-state index contributed by atoms with van der Waals surface area (Å²) in [5, 5.41) is 0.756. The van der Waals surface area contributed by atoms with Crippen LogP contribution in [0.4, 0.5) is 5.69 Å². The van der Waals surface area contributed by atoms with Crippen molar-refractivity contribution in [3.63, 3.8) is 0 Å². The number of rotatable bonds is 3. The third-order valence-electron chi connectivity index (χ3n) is 2.22. The summed E-state index contributed by atoms with van der Waals surface area (Å²) in [5.74, 6) is -0.508. The molecule has 0 atom stereocenters. The molecule has 0 bridgehead atoms. The third kappa shape index (κ3) is 2.94. The first-order chi connectivity index (χ1) is 8.68. The van der Waals surface area contributed by atoms with Crippen LogP contribution < -0.4 is 5.48 Å². The molecule has 0 fully saturated rings. The lowest BCUT2D eigenvalue weighted by molar-refractivity contribution is 0.0596. The predicted molar refractivity (Wildman–Crippen MR) is 71.9 cm³/mol. The molecule has 2 rings (SSSR count). The Kier molecular flexibility index (Phi) is 4.07. The lowest BCUT2D eigenvalue weighted by Crippen LogP contribution is -2.11. The van der Waals surface area contributed by atoms with Crippen LogP contribution in [-0.4, -0.2) is 5.97 Å². The van der Waals surface area contributed by atoms with Crippen LogP contribution in [0.15, 0.2) is 48.5 Å². The van der Waals surface area contributed by atoms with Crippen molar-refractivity contribution in [1.29, 1.82) is 0 Å². The first kappa shape index (κ1) is 12.7. The van der Waals surface area contributed by atoms with Crippen molar-refractivity contribution in [2.24, 2.45) is 0 Å². The molecule has 0 amide bonds. The first-order valence-electron chi connectivity index (χ1n) is 5.15. The fraction of sp³-hybridized carbons (Fsp3) is 0. The number of hydrogen-bond acceptors (Lipinski definition) is 3. The fourth-order valence-corrected chi connectivity index (χ4v) is 1.80. The minimum Gasteiger partial charge on any atom is -0.338 e. The van der Waals surface area contributed by atoms with Gasteiger partial charge < -0.3 is 4.84 Å². The highest BCUT2D eigenvalue weighted by Gasteiger charge is 2.10. The zero-order chi connectivity index (χ0) is 13.0. The Morgan fingerprint density at radius 3 is 2.17 bits per heavy atom. The minimum atomic E-state index is -0.508. The van der Waals surface area contributed by atoms with Crippen molar-refractivity contribution in [3.8, 4) is 0 Å². The van der Waals surface area contributed by atoms with Gasteiger partial charge in [0.05, 0.1) is 15.6 Å². The van der Waals surface area contributed by atoms with E-state index in [1.807, 2.05) is 6.07 Å². The summed E-state index contributed by atoms with van der Waals surface area (Å²) in [4.78, 5) is 16.6. The number of halogens is 2. The van der Waals surface area contributed by atoms with E-state index in [0.717, 1.165) is 0 Å². The third-order valence-corrected chi connectivity index (χ3v) is 2.85. The molecule has 18 heavy (non-hydrogen) atoms. The number of nitrogens with one attached hydrogen (secondary N) is 1. The number of benzene rings is 2. The lowest BCUT2D eigenvalue weighted by Gasteiger charge is -2.09. The van der Waals surface area contributed by atoms with Crippen LogP contribution in [0, 0.1) is 0 Å². The molecule has 2 aromatic carbocycles. The Morgan fingerprint density at radius 2 is 1.56 bits per heavy atom. The van der Waals surface area contributed by atoms with E-state index >= 15 is 0 Å². The smallest absolute Gasteiger partial charge is 0.338 e. The summed E-state index contributed by atoms with van der Waals surface area (Å²) in [6, 6.07) is 13.6. The quantitative estimate of drug-likeness (QED) is 0.858. The fourth-order valence-electron chi connectivity index (χ4n) is 1.33. The monoisotopic (exact) mass is 281 g/mol. The van der Waals surface area contributed by atoms with Crippen LogP contribution in [0.5, 0.6) is 0 Å². The SMILES string of the molecule is O=C(ONc1c(Cl)cccc1Cl)c1ccccc1. The largest absolute Gasteiger partial charge is 0.362 e.